The molecule has 0 saturated heterocycles. The van der Waals surface area contributed by atoms with Crippen LogP contribution in [0.15, 0.2) is 6.33 Å². The number of hydrogen-bond donors (Lipinski definition) is 1. The molecule has 1 aromatic heterocycles. The van der Waals surface area contributed by atoms with Gasteiger partial charge in [0.15, 0.2) is 0 Å². The van der Waals surface area contributed by atoms with E-state index in [9.17, 15) is 0 Å². The number of imidazole rings is 1. The molecule has 2 fully saturated rings. The molecule has 0 radical (unpaired) electrons. The van der Waals surface area contributed by atoms with E-state index in [0.29, 0.717) is 12.0 Å². The number of aromatic nitrogens is 2. The Bertz CT molecular complexity index is 278. The van der Waals surface area contributed by atoms with Gasteiger partial charge in [0.25, 0.3) is 0 Å². The van der Waals surface area contributed by atoms with E-state index >= 15 is 0 Å². The Hall–Kier alpha value is -0.990. The predicted octanol–water partition coefficient (Wildman–Crippen LogP) is 1.68. The minimum Gasteiger partial charge on any atom is -0.384 e. The van der Waals surface area contributed by atoms with Gasteiger partial charge >= 0.3 is 0 Å². The molecule has 0 spiro atoms. The van der Waals surface area contributed by atoms with Gasteiger partial charge < -0.3 is 10.3 Å². The summed E-state index contributed by atoms with van der Waals surface area (Å²) in [6.45, 7) is 0. The van der Waals surface area contributed by atoms with Crippen molar-refractivity contribution >= 4 is 5.82 Å². The first-order valence-electron chi connectivity index (χ1n) is 4.68. The van der Waals surface area contributed by atoms with Crippen molar-refractivity contribution in [3.8, 4) is 0 Å². The van der Waals surface area contributed by atoms with Crippen LogP contribution in [0.1, 0.15) is 43.3 Å². The lowest BCUT2D eigenvalue weighted by atomic mass is 10.3. The van der Waals surface area contributed by atoms with Crippen molar-refractivity contribution in [1.29, 1.82) is 0 Å². The zero-order valence-corrected chi connectivity index (χ0v) is 7.03. The molecular weight excluding hydrogens is 150 g/mol. The third kappa shape index (κ3) is 0.854. The molecule has 2 N–H and O–H groups in total. The normalized spacial score (nSPS) is 23.0. The van der Waals surface area contributed by atoms with Gasteiger partial charge in [0.1, 0.15) is 5.82 Å². The average molecular weight is 163 g/mol. The summed E-state index contributed by atoms with van der Waals surface area (Å²) in [6, 6.07) is 0.671. The molecule has 0 bridgehead atoms. The van der Waals surface area contributed by atoms with Crippen molar-refractivity contribution in [2.45, 2.75) is 37.6 Å². The maximum atomic E-state index is 5.99. The third-order valence-electron chi connectivity index (χ3n) is 2.77. The summed E-state index contributed by atoms with van der Waals surface area (Å²) in [5.74, 6) is 1.62. The highest BCUT2D eigenvalue weighted by molar-refractivity contribution is 5.41. The number of anilines is 1. The van der Waals surface area contributed by atoms with Crippen LogP contribution in [0.2, 0.25) is 0 Å². The second kappa shape index (κ2) is 2.03. The molecule has 1 aromatic rings. The Morgan fingerprint density at radius 1 is 1.33 bits per heavy atom. The highest BCUT2D eigenvalue weighted by Crippen LogP contribution is 2.44. The third-order valence-corrected chi connectivity index (χ3v) is 2.77. The summed E-state index contributed by atoms with van der Waals surface area (Å²) < 4.78 is 2.15. The highest BCUT2D eigenvalue weighted by Gasteiger charge is 2.32. The van der Waals surface area contributed by atoms with E-state index < -0.39 is 0 Å². The maximum Gasteiger partial charge on any atom is 0.127 e. The van der Waals surface area contributed by atoms with Gasteiger partial charge in [0, 0.05) is 12.0 Å². The van der Waals surface area contributed by atoms with Crippen LogP contribution in [0.4, 0.5) is 5.82 Å². The van der Waals surface area contributed by atoms with Crippen LogP contribution in [0, 0.1) is 0 Å². The van der Waals surface area contributed by atoms with Crippen molar-refractivity contribution in [1.82, 2.24) is 9.55 Å². The first-order valence-corrected chi connectivity index (χ1v) is 4.68. The van der Waals surface area contributed by atoms with Crippen LogP contribution in [0.5, 0.6) is 0 Å². The fraction of sp³-hybridized carbons (Fsp3) is 0.667. The molecule has 12 heavy (non-hydrogen) atoms. The van der Waals surface area contributed by atoms with Crippen molar-refractivity contribution in [3.63, 3.8) is 0 Å². The van der Waals surface area contributed by atoms with Crippen molar-refractivity contribution in [2.75, 3.05) is 5.73 Å². The Labute approximate surface area is 71.6 Å². The van der Waals surface area contributed by atoms with Gasteiger partial charge in [0.2, 0.25) is 0 Å². The number of rotatable bonds is 2. The molecule has 0 amide bonds. The maximum absolute atomic E-state index is 5.99. The quantitative estimate of drug-likeness (QED) is 0.720. The van der Waals surface area contributed by atoms with Gasteiger partial charge in [-0.1, -0.05) is 0 Å². The van der Waals surface area contributed by atoms with E-state index in [1.165, 1.54) is 25.7 Å². The summed E-state index contributed by atoms with van der Waals surface area (Å²) in [6.07, 6.45) is 7.05. The van der Waals surface area contributed by atoms with Crippen LogP contribution in [-0.4, -0.2) is 9.55 Å². The fourth-order valence-electron chi connectivity index (χ4n) is 1.70. The average Bonchev–Trinajstić information content (AvgIpc) is 2.94. The van der Waals surface area contributed by atoms with Gasteiger partial charge in [-0.15, -0.1) is 0 Å². The van der Waals surface area contributed by atoms with Crippen LogP contribution in [-0.2, 0) is 0 Å². The summed E-state index contributed by atoms with van der Waals surface area (Å²) in [5.41, 5.74) is 7.14. The zero-order chi connectivity index (χ0) is 8.13. The van der Waals surface area contributed by atoms with Crippen LogP contribution in [0.3, 0.4) is 0 Å². The largest absolute Gasteiger partial charge is 0.384 e. The molecule has 0 atom stereocenters. The van der Waals surface area contributed by atoms with E-state index in [1.807, 2.05) is 6.33 Å². The molecular formula is C9H13N3. The lowest BCUT2D eigenvalue weighted by Gasteiger charge is -2.01. The fourth-order valence-corrected chi connectivity index (χ4v) is 1.70. The molecule has 3 rings (SSSR count). The van der Waals surface area contributed by atoms with Gasteiger partial charge in [-0.3, -0.25) is 0 Å². The smallest absolute Gasteiger partial charge is 0.127 e. The summed E-state index contributed by atoms with van der Waals surface area (Å²) in [4.78, 5) is 4.38. The topological polar surface area (TPSA) is 43.8 Å². The summed E-state index contributed by atoms with van der Waals surface area (Å²) in [5, 5.41) is 0. The Morgan fingerprint density at radius 2 is 2.08 bits per heavy atom. The van der Waals surface area contributed by atoms with Crippen LogP contribution in [0.25, 0.3) is 0 Å². The van der Waals surface area contributed by atoms with Crippen molar-refractivity contribution in [3.05, 3.63) is 12.0 Å². The molecule has 2 aliphatic rings. The predicted molar refractivity (Wildman–Crippen MR) is 46.9 cm³/mol. The molecule has 0 unspecified atom stereocenters. The second-order valence-corrected chi connectivity index (χ2v) is 3.93. The summed E-state index contributed by atoms with van der Waals surface area (Å²) >= 11 is 0. The highest BCUT2D eigenvalue weighted by atomic mass is 15.2. The van der Waals surface area contributed by atoms with E-state index in [2.05, 4.69) is 9.55 Å². The Balaban J connectivity index is 1.98. The van der Waals surface area contributed by atoms with Crippen molar-refractivity contribution < 1.29 is 0 Å². The monoisotopic (exact) mass is 163 g/mol. The zero-order valence-electron chi connectivity index (χ0n) is 7.03. The molecule has 2 saturated carbocycles. The molecule has 3 heteroatoms. The van der Waals surface area contributed by atoms with Crippen molar-refractivity contribution in [2.24, 2.45) is 0 Å². The van der Waals surface area contributed by atoms with E-state index in [0.717, 1.165) is 11.5 Å². The molecule has 2 aliphatic carbocycles. The minimum absolute atomic E-state index is 0.671. The van der Waals surface area contributed by atoms with Gasteiger partial charge in [-0.25, -0.2) is 4.98 Å². The van der Waals surface area contributed by atoms with E-state index in [1.54, 1.807) is 0 Å². The standard InChI is InChI=1S/C9H13N3/c10-9-8(6-1-2-6)11-5-12(9)7-3-4-7/h5-7H,1-4,10H2. The number of nitrogen functional groups attached to an aromatic ring is 1. The molecule has 64 valence electrons. The second-order valence-electron chi connectivity index (χ2n) is 3.93. The number of nitrogens with two attached hydrogens (primary N) is 1. The lowest BCUT2D eigenvalue weighted by molar-refractivity contribution is 0.750. The van der Waals surface area contributed by atoms with Crippen LogP contribution < -0.4 is 5.73 Å². The first kappa shape index (κ1) is 6.52. The SMILES string of the molecule is Nc1c(C2CC2)ncn1C1CC1. The molecule has 0 aliphatic heterocycles. The van der Waals surface area contributed by atoms with Gasteiger partial charge in [0.05, 0.1) is 12.0 Å². The summed E-state index contributed by atoms with van der Waals surface area (Å²) in [7, 11) is 0. The number of nitrogens with zero attached hydrogens (tertiary/aromatic N) is 2. The lowest BCUT2D eigenvalue weighted by Crippen LogP contribution is -2.00. The number of hydrogen-bond acceptors (Lipinski definition) is 2. The Morgan fingerprint density at radius 3 is 2.67 bits per heavy atom. The molecule has 0 aromatic carbocycles. The molecule has 1 heterocycles. The van der Waals surface area contributed by atoms with Gasteiger partial charge in [-0.2, -0.15) is 0 Å². The van der Waals surface area contributed by atoms with Gasteiger partial charge in [-0.05, 0) is 25.7 Å². The van der Waals surface area contributed by atoms with E-state index in [4.69, 9.17) is 5.73 Å². The van der Waals surface area contributed by atoms with Crippen LogP contribution >= 0.6 is 0 Å². The first-order chi connectivity index (χ1) is 5.86. The Kier molecular flexibility index (Phi) is 1.10. The minimum atomic E-state index is 0.671. The molecule has 3 nitrogen and oxygen atoms in total. The van der Waals surface area contributed by atoms with E-state index in [-0.39, 0.29) is 0 Å².